The van der Waals surface area contributed by atoms with Gasteiger partial charge in [-0.25, -0.2) is 10.2 Å². The largest absolute Gasteiger partial charge is 0.508 e. The predicted octanol–water partition coefficient (Wildman–Crippen LogP) is 4.00. The van der Waals surface area contributed by atoms with E-state index in [-0.39, 0.29) is 17.2 Å². The summed E-state index contributed by atoms with van der Waals surface area (Å²) in [4.78, 5) is 25.9. The Morgan fingerprint density at radius 1 is 0.929 bits per heavy atom. The van der Waals surface area contributed by atoms with Crippen LogP contribution in [0, 0.1) is 0 Å². The molecule has 0 radical (unpaired) electrons. The number of carboxylic acid groups (broad SMARTS) is 1. The number of hydrogen-bond acceptors (Lipinski definition) is 5. The molecule has 0 unspecified atom stereocenters. The molecule has 3 rings (SSSR count). The molecule has 2 aromatic rings. The highest BCUT2D eigenvalue weighted by Gasteiger charge is 2.07. The molecule has 1 aromatic carbocycles. The summed E-state index contributed by atoms with van der Waals surface area (Å²) in [7, 11) is 0. The van der Waals surface area contributed by atoms with Crippen molar-refractivity contribution in [3.63, 3.8) is 0 Å². The number of hydrazone groups is 1. The molecular formula is C21H25N3O4. The number of amides is 1. The van der Waals surface area contributed by atoms with Crippen LogP contribution in [0.2, 0.25) is 0 Å². The Morgan fingerprint density at radius 3 is 2.14 bits per heavy atom. The average molecular weight is 383 g/mol. The van der Waals surface area contributed by atoms with Gasteiger partial charge < -0.3 is 10.2 Å². The minimum Gasteiger partial charge on any atom is -0.508 e. The fourth-order valence-corrected chi connectivity index (χ4v) is 2.76. The second kappa shape index (κ2) is 11.5. The number of carboxylic acids is 1. The van der Waals surface area contributed by atoms with Gasteiger partial charge in [0.2, 0.25) is 0 Å². The number of nitrogens with zero attached hydrogens (tertiary/aromatic N) is 2. The van der Waals surface area contributed by atoms with Crippen molar-refractivity contribution >= 4 is 17.6 Å². The Hall–Kier alpha value is -3.22. The highest BCUT2D eigenvalue weighted by Crippen LogP contribution is 2.14. The van der Waals surface area contributed by atoms with Crippen LogP contribution in [-0.2, 0) is 0 Å². The molecule has 7 nitrogen and oxygen atoms in total. The lowest BCUT2D eigenvalue weighted by molar-refractivity contribution is 0.0696. The van der Waals surface area contributed by atoms with E-state index in [2.05, 4.69) is 15.5 Å². The van der Waals surface area contributed by atoms with E-state index < -0.39 is 5.97 Å². The molecule has 28 heavy (non-hydrogen) atoms. The first kappa shape index (κ1) is 21.1. The SMILES string of the molecule is O=C(NN=C1CCCCCCC1)c1ccncc1.O=C(O)c1cccc(O)c1. The molecule has 1 saturated carbocycles. The lowest BCUT2D eigenvalue weighted by Gasteiger charge is -2.10. The molecule has 3 N–H and O–H groups in total. The van der Waals surface area contributed by atoms with E-state index >= 15 is 0 Å². The van der Waals surface area contributed by atoms with Gasteiger partial charge in [0.1, 0.15) is 5.75 Å². The number of phenolic OH excluding ortho intramolecular Hbond substituents is 1. The van der Waals surface area contributed by atoms with E-state index in [0.717, 1.165) is 18.6 Å². The number of nitrogens with one attached hydrogen (secondary N) is 1. The van der Waals surface area contributed by atoms with E-state index in [9.17, 15) is 9.59 Å². The van der Waals surface area contributed by atoms with Crippen LogP contribution in [0.3, 0.4) is 0 Å². The van der Waals surface area contributed by atoms with E-state index in [1.165, 1.54) is 56.4 Å². The minimum atomic E-state index is -1.03. The molecule has 0 spiro atoms. The molecule has 1 aliphatic carbocycles. The molecule has 1 heterocycles. The third-order valence-electron chi connectivity index (χ3n) is 4.28. The number of rotatable bonds is 3. The summed E-state index contributed by atoms with van der Waals surface area (Å²) in [6.07, 6.45) is 11.5. The number of aromatic hydroxyl groups is 1. The first-order chi connectivity index (χ1) is 13.6. The lowest BCUT2D eigenvalue weighted by Crippen LogP contribution is -2.20. The van der Waals surface area contributed by atoms with Gasteiger partial charge in [-0.05, 0) is 56.0 Å². The lowest BCUT2D eigenvalue weighted by atomic mass is 9.99. The van der Waals surface area contributed by atoms with Crippen LogP contribution >= 0.6 is 0 Å². The van der Waals surface area contributed by atoms with Crippen LogP contribution < -0.4 is 5.43 Å². The van der Waals surface area contributed by atoms with E-state index in [1.807, 2.05) is 0 Å². The quantitative estimate of drug-likeness (QED) is 0.694. The fraction of sp³-hybridized carbons (Fsp3) is 0.333. The van der Waals surface area contributed by atoms with Crippen molar-refractivity contribution in [1.29, 1.82) is 0 Å². The normalized spacial score (nSPS) is 13.9. The molecule has 0 bridgehead atoms. The standard InChI is InChI=1S/C14H19N3O.C7H6O3/c18-14(12-8-10-15-11-9-12)17-16-13-6-4-2-1-3-5-7-13;8-6-3-1-2-5(4-6)7(9)10/h8-11H,1-7H2,(H,17,18);1-4,8H,(H,9,10). The molecule has 1 fully saturated rings. The zero-order chi connectivity index (χ0) is 20.2. The summed E-state index contributed by atoms with van der Waals surface area (Å²) < 4.78 is 0. The van der Waals surface area contributed by atoms with Gasteiger partial charge in [0, 0.05) is 23.7 Å². The third kappa shape index (κ3) is 7.57. The maximum absolute atomic E-state index is 11.8. The predicted molar refractivity (Wildman–Crippen MR) is 107 cm³/mol. The summed E-state index contributed by atoms with van der Waals surface area (Å²) >= 11 is 0. The van der Waals surface area contributed by atoms with E-state index in [0.29, 0.717) is 5.56 Å². The highest BCUT2D eigenvalue weighted by atomic mass is 16.4. The van der Waals surface area contributed by atoms with Gasteiger partial charge >= 0.3 is 5.97 Å². The van der Waals surface area contributed by atoms with Crippen LogP contribution in [0.4, 0.5) is 0 Å². The molecule has 148 valence electrons. The molecule has 0 aliphatic heterocycles. The van der Waals surface area contributed by atoms with Crippen molar-refractivity contribution < 1.29 is 19.8 Å². The Kier molecular flexibility index (Phi) is 8.65. The summed E-state index contributed by atoms with van der Waals surface area (Å²) in [6.45, 7) is 0. The maximum Gasteiger partial charge on any atom is 0.335 e. The maximum atomic E-state index is 11.8. The van der Waals surface area contributed by atoms with Gasteiger partial charge in [-0.2, -0.15) is 5.10 Å². The van der Waals surface area contributed by atoms with Crippen molar-refractivity contribution in [3.8, 4) is 5.75 Å². The number of carbonyl (C=O) groups is 2. The zero-order valence-corrected chi connectivity index (χ0v) is 15.7. The number of pyridine rings is 1. The van der Waals surface area contributed by atoms with Crippen molar-refractivity contribution in [2.24, 2.45) is 5.10 Å². The summed E-state index contributed by atoms with van der Waals surface area (Å²) in [5.74, 6) is -1.22. The third-order valence-corrected chi connectivity index (χ3v) is 4.28. The monoisotopic (exact) mass is 383 g/mol. The van der Waals surface area contributed by atoms with Crippen molar-refractivity contribution in [2.45, 2.75) is 44.9 Å². The molecule has 1 aromatic heterocycles. The van der Waals surface area contributed by atoms with Crippen LogP contribution in [0.15, 0.2) is 53.9 Å². The number of aromatic nitrogens is 1. The van der Waals surface area contributed by atoms with Crippen molar-refractivity contribution in [3.05, 3.63) is 59.9 Å². The summed E-state index contributed by atoms with van der Waals surface area (Å²) in [5, 5.41) is 21.5. The van der Waals surface area contributed by atoms with E-state index in [4.69, 9.17) is 10.2 Å². The number of carbonyl (C=O) groups excluding carboxylic acids is 1. The Balaban J connectivity index is 0.000000237. The second-order valence-electron chi connectivity index (χ2n) is 6.48. The van der Waals surface area contributed by atoms with Crippen LogP contribution in [0.5, 0.6) is 5.75 Å². The Morgan fingerprint density at radius 2 is 1.57 bits per heavy atom. The van der Waals surface area contributed by atoms with Crippen molar-refractivity contribution in [1.82, 2.24) is 10.4 Å². The molecule has 1 aliphatic rings. The Labute approximate surface area is 164 Å². The first-order valence-corrected chi connectivity index (χ1v) is 9.34. The smallest absolute Gasteiger partial charge is 0.335 e. The number of aromatic carboxylic acids is 1. The summed E-state index contributed by atoms with van der Waals surface area (Å²) in [5.41, 5.74) is 4.46. The van der Waals surface area contributed by atoms with Gasteiger partial charge in [-0.1, -0.05) is 25.3 Å². The minimum absolute atomic E-state index is 0.0279. The van der Waals surface area contributed by atoms with Gasteiger partial charge in [0.25, 0.3) is 5.91 Å². The fourth-order valence-electron chi connectivity index (χ4n) is 2.76. The van der Waals surface area contributed by atoms with Gasteiger partial charge in [0.05, 0.1) is 5.56 Å². The molecular weight excluding hydrogens is 358 g/mol. The molecule has 1 amide bonds. The van der Waals surface area contributed by atoms with Gasteiger partial charge in [-0.3, -0.25) is 9.78 Å². The Bertz CT molecular complexity index is 796. The molecule has 7 heteroatoms. The summed E-state index contributed by atoms with van der Waals surface area (Å²) in [6, 6.07) is 8.90. The van der Waals surface area contributed by atoms with E-state index in [1.54, 1.807) is 24.5 Å². The van der Waals surface area contributed by atoms with Gasteiger partial charge in [0.15, 0.2) is 0 Å². The van der Waals surface area contributed by atoms with Crippen LogP contribution in [0.1, 0.15) is 65.7 Å². The van der Waals surface area contributed by atoms with Crippen molar-refractivity contribution in [2.75, 3.05) is 0 Å². The average Bonchev–Trinajstić information content (AvgIpc) is 2.68. The number of hydrogen-bond donors (Lipinski definition) is 3. The van der Waals surface area contributed by atoms with Gasteiger partial charge in [-0.15, -0.1) is 0 Å². The van der Waals surface area contributed by atoms with Crippen LogP contribution in [-0.4, -0.2) is 32.8 Å². The molecule has 0 atom stereocenters. The number of phenols is 1. The molecule has 0 saturated heterocycles. The number of benzene rings is 1. The first-order valence-electron chi connectivity index (χ1n) is 9.34. The second-order valence-corrected chi connectivity index (χ2v) is 6.48. The zero-order valence-electron chi connectivity index (χ0n) is 15.7. The highest BCUT2D eigenvalue weighted by molar-refractivity contribution is 5.95. The van der Waals surface area contributed by atoms with Crippen LogP contribution in [0.25, 0.3) is 0 Å². The topological polar surface area (TPSA) is 112 Å².